The van der Waals surface area contributed by atoms with Crippen molar-refractivity contribution in [2.24, 2.45) is 0 Å². The van der Waals surface area contributed by atoms with Gasteiger partial charge in [0, 0.05) is 12.1 Å². The summed E-state index contributed by atoms with van der Waals surface area (Å²) < 4.78 is 15.5. The SMILES string of the molecule is CCOc1ccc(C(=O)OCc2cc(-c3cccs3)on2)cc1[N+](=O)[O-]. The highest BCUT2D eigenvalue weighted by atomic mass is 32.1. The molecule has 0 saturated heterocycles. The first-order valence-corrected chi connectivity index (χ1v) is 8.54. The second kappa shape index (κ2) is 7.79. The van der Waals surface area contributed by atoms with Gasteiger partial charge >= 0.3 is 11.7 Å². The Morgan fingerprint density at radius 2 is 2.19 bits per heavy atom. The van der Waals surface area contributed by atoms with Crippen LogP contribution in [0.5, 0.6) is 5.75 Å². The zero-order valence-electron chi connectivity index (χ0n) is 13.7. The molecule has 134 valence electrons. The van der Waals surface area contributed by atoms with Crippen LogP contribution in [0.25, 0.3) is 10.6 Å². The Labute approximate surface area is 152 Å². The van der Waals surface area contributed by atoms with Crippen LogP contribution >= 0.6 is 11.3 Å². The number of thiophene rings is 1. The molecule has 0 bridgehead atoms. The van der Waals surface area contributed by atoms with Crippen LogP contribution < -0.4 is 4.74 Å². The highest BCUT2D eigenvalue weighted by Crippen LogP contribution is 2.29. The molecule has 0 aliphatic carbocycles. The van der Waals surface area contributed by atoms with Gasteiger partial charge in [-0.25, -0.2) is 4.79 Å². The van der Waals surface area contributed by atoms with Crippen LogP contribution in [0.1, 0.15) is 23.0 Å². The van der Waals surface area contributed by atoms with E-state index in [0.717, 1.165) is 10.9 Å². The number of esters is 1. The number of benzene rings is 1. The van der Waals surface area contributed by atoms with Gasteiger partial charge in [-0.1, -0.05) is 11.2 Å². The molecule has 8 nitrogen and oxygen atoms in total. The smallest absolute Gasteiger partial charge is 0.338 e. The summed E-state index contributed by atoms with van der Waals surface area (Å²) in [5.41, 5.74) is 0.215. The van der Waals surface area contributed by atoms with Crippen molar-refractivity contribution in [3.05, 3.63) is 63.1 Å². The Morgan fingerprint density at radius 1 is 1.35 bits per heavy atom. The number of carbonyl (C=O) groups is 1. The molecule has 0 unspecified atom stereocenters. The molecule has 0 N–H and O–H groups in total. The number of nitrogens with zero attached hydrogens (tertiary/aromatic N) is 2. The van der Waals surface area contributed by atoms with Crippen molar-refractivity contribution in [3.8, 4) is 16.4 Å². The summed E-state index contributed by atoms with van der Waals surface area (Å²) in [7, 11) is 0. The van der Waals surface area contributed by atoms with E-state index in [2.05, 4.69) is 5.16 Å². The summed E-state index contributed by atoms with van der Waals surface area (Å²) in [6.07, 6.45) is 0. The third-order valence-electron chi connectivity index (χ3n) is 3.37. The van der Waals surface area contributed by atoms with Gasteiger partial charge in [0.05, 0.1) is 22.0 Å². The molecule has 9 heteroatoms. The van der Waals surface area contributed by atoms with Gasteiger partial charge in [0.15, 0.2) is 11.5 Å². The minimum atomic E-state index is -0.697. The van der Waals surface area contributed by atoms with Gasteiger partial charge in [-0.2, -0.15) is 0 Å². The van der Waals surface area contributed by atoms with Crippen LogP contribution in [-0.2, 0) is 11.3 Å². The molecule has 0 aliphatic rings. The maximum atomic E-state index is 12.2. The van der Waals surface area contributed by atoms with Gasteiger partial charge in [0.2, 0.25) is 0 Å². The monoisotopic (exact) mass is 374 g/mol. The second-order valence-electron chi connectivity index (χ2n) is 5.11. The Balaban J connectivity index is 1.68. The molecule has 2 heterocycles. The van der Waals surface area contributed by atoms with Crippen LogP contribution in [-0.4, -0.2) is 22.7 Å². The van der Waals surface area contributed by atoms with Crippen LogP contribution in [0.2, 0.25) is 0 Å². The lowest BCUT2D eigenvalue weighted by Crippen LogP contribution is -2.07. The number of nitro benzene ring substituents is 1. The molecular formula is C17H14N2O6S. The average Bonchev–Trinajstić information content (AvgIpc) is 3.31. The lowest BCUT2D eigenvalue weighted by molar-refractivity contribution is -0.385. The fourth-order valence-corrected chi connectivity index (χ4v) is 2.88. The van der Waals surface area contributed by atoms with Crippen molar-refractivity contribution in [1.82, 2.24) is 5.16 Å². The Kier molecular flexibility index (Phi) is 5.28. The quantitative estimate of drug-likeness (QED) is 0.349. The Bertz CT molecular complexity index is 919. The van der Waals surface area contributed by atoms with Crippen molar-refractivity contribution < 1.29 is 23.7 Å². The largest absolute Gasteiger partial charge is 0.487 e. The van der Waals surface area contributed by atoms with E-state index >= 15 is 0 Å². The van der Waals surface area contributed by atoms with Crippen LogP contribution in [0.15, 0.2) is 46.3 Å². The highest BCUT2D eigenvalue weighted by molar-refractivity contribution is 7.13. The summed E-state index contributed by atoms with van der Waals surface area (Å²) in [6, 6.07) is 9.39. The van der Waals surface area contributed by atoms with Crippen molar-refractivity contribution >= 4 is 23.0 Å². The molecule has 3 rings (SSSR count). The lowest BCUT2D eigenvalue weighted by Gasteiger charge is -2.06. The number of aromatic nitrogens is 1. The summed E-state index contributed by atoms with van der Waals surface area (Å²) in [5, 5.41) is 16.9. The number of hydrogen-bond acceptors (Lipinski definition) is 8. The number of nitro groups is 1. The van der Waals surface area contributed by atoms with Gasteiger partial charge in [-0.15, -0.1) is 11.3 Å². The first-order valence-electron chi connectivity index (χ1n) is 7.66. The molecule has 0 fully saturated rings. The second-order valence-corrected chi connectivity index (χ2v) is 6.06. The minimum absolute atomic E-state index is 0.0575. The summed E-state index contributed by atoms with van der Waals surface area (Å²) in [4.78, 5) is 23.6. The lowest BCUT2D eigenvalue weighted by atomic mass is 10.2. The Hall–Kier alpha value is -3.20. The van der Waals surface area contributed by atoms with E-state index in [4.69, 9.17) is 14.0 Å². The molecular weight excluding hydrogens is 360 g/mol. The van der Waals surface area contributed by atoms with E-state index < -0.39 is 10.9 Å². The zero-order chi connectivity index (χ0) is 18.5. The van der Waals surface area contributed by atoms with Crippen molar-refractivity contribution in [2.45, 2.75) is 13.5 Å². The van der Waals surface area contributed by atoms with Crippen LogP contribution in [0.3, 0.4) is 0 Å². The molecule has 0 amide bonds. The molecule has 0 aliphatic heterocycles. The van der Waals surface area contributed by atoms with Crippen LogP contribution in [0, 0.1) is 10.1 Å². The number of rotatable bonds is 7. The van der Waals surface area contributed by atoms with Gasteiger partial charge in [0.25, 0.3) is 0 Å². The molecule has 2 aromatic heterocycles. The first kappa shape index (κ1) is 17.6. The molecule has 26 heavy (non-hydrogen) atoms. The normalized spacial score (nSPS) is 10.5. The third kappa shape index (κ3) is 3.89. The topological polar surface area (TPSA) is 105 Å². The van der Waals surface area contributed by atoms with Gasteiger partial charge < -0.3 is 14.0 Å². The van der Waals surface area contributed by atoms with Gasteiger partial charge in [-0.3, -0.25) is 10.1 Å². The fraction of sp³-hybridized carbons (Fsp3) is 0.176. The van der Waals surface area contributed by atoms with E-state index in [-0.39, 0.29) is 30.2 Å². The molecule has 1 aromatic carbocycles. The van der Waals surface area contributed by atoms with Crippen molar-refractivity contribution in [1.29, 1.82) is 0 Å². The molecule has 0 saturated carbocycles. The van der Waals surface area contributed by atoms with E-state index in [1.807, 2.05) is 17.5 Å². The zero-order valence-corrected chi connectivity index (χ0v) is 14.5. The van der Waals surface area contributed by atoms with E-state index in [1.54, 1.807) is 13.0 Å². The number of ether oxygens (including phenoxy) is 2. The predicted molar refractivity (Wildman–Crippen MR) is 93.2 cm³/mol. The summed E-state index contributed by atoms with van der Waals surface area (Å²) in [5.74, 6) is -0.00860. The molecule has 3 aromatic rings. The van der Waals surface area contributed by atoms with E-state index in [0.29, 0.717) is 11.5 Å². The van der Waals surface area contributed by atoms with E-state index in [9.17, 15) is 14.9 Å². The Morgan fingerprint density at radius 3 is 2.88 bits per heavy atom. The molecule has 0 radical (unpaired) electrons. The van der Waals surface area contributed by atoms with Gasteiger partial charge in [0.1, 0.15) is 12.3 Å². The maximum absolute atomic E-state index is 12.2. The first-order chi connectivity index (χ1) is 12.6. The summed E-state index contributed by atoms with van der Waals surface area (Å²) in [6.45, 7) is 1.90. The van der Waals surface area contributed by atoms with E-state index in [1.165, 1.54) is 23.5 Å². The van der Waals surface area contributed by atoms with Crippen molar-refractivity contribution in [2.75, 3.05) is 6.61 Å². The summed E-state index contributed by atoms with van der Waals surface area (Å²) >= 11 is 1.50. The predicted octanol–water partition coefficient (Wildman–Crippen LogP) is 4.07. The minimum Gasteiger partial charge on any atom is -0.487 e. The van der Waals surface area contributed by atoms with Crippen molar-refractivity contribution in [3.63, 3.8) is 0 Å². The maximum Gasteiger partial charge on any atom is 0.338 e. The number of hydrogen-bond donors (Lipinski definition) is 0. The van der Waals surface area contributed by atoms with Crippen LogP contribution in [0.4, 0.5) is 5.69 Å². The average molecular weight is 374 g/mol. The highest BCUT2D eigenvalue weighted by Gasteiger charge is 2.20. The third-order valence-corrected chi connectivity index (χ3v) is 4.25. The fourth-order valence-electron chi connectivity index (χ4n) is 2.20. The number of carbonyl (C=O) groups excluding carboxylic acids is 1. The van der Waals surface area contributed by atoms with Gasteiger partial charge in [-0.05, 0) is 30.5 Å². The molecule has 0 spiro atoms. The standard InChI is InChI=1S/C17H14N2O6S/c1-2-23-14-6-5-11(8-13(14)19(21)22)17(20)24-10-12-9-15(25-18-12)16-4-3-7-26-16/h3-9H,2,10H2,1H3. The molecule has 0 atom stereocenters.